The average Bonchev–Trinajstić information content (AvgIpc) is 2.85. The van der Waals surface area contributed by atoms with Gasteiger partial charge >= 0.3 is 0 Å². The standard InChI is InChI=1S/C16H18N4S/c1-3-11-6-4-5-7-12(11)9-18-14-13-8-10(2)21-15(13)20-16(17)19-14/h4-8H,3,9H2,1-2H3,(H3,17,18,19,20). The third kappa shape index (κ3) is 2.83. The van der Waals surface area contributed by atoms with Crippen LogP contribution in [0.3, 0.4) is 0 Å². The lowest BCUT2D eigenvalue weighted by Crippen LogP contribution is -2.06. The van der Waals surface area contributed by atoms with E-state index in [9.17, 15) is 0 Å². The molecule has 0 aliphatic heterocycles. The number of aryl methyl sites for hydroxylation is 2. The third-order valence-electron chi connectivity index (χ3n) is 3.48. The minimum absolute atomic E-state index is 0.315. The molecule has 3 aromatic rings. The SMILES string of the molecule is CCc1ccccc1CNc1nc(N)nc2sc(C)cc12. The highest BCUT2D eigenvalue weighted by molar-refractivity contribution is 7.18. The van der Waals surface area contributed by atoms with Gasteiger partial charge in [-0.25, -0.2) is 4.98 Å². The second-order valence-electron chi connectivity index (χ2n) is 4.98. The number of fused-ring (bicyclic) bond motifs is 1. The highest BCUT2D eigenvalue weighted by Gasteiger charge is 2.09. The molecule has 21 heavy (non-hydrogen) atoms. The average molecular weight is 298 g/mol. The van der Waals surface area contributed by atoms with Gasteiger partial charge in [-0.05, 0) is 30.5 Å². The fraction of sp³-hybridized carbons (Fsp3) is 0.250. The van der Waals surface area contributed by atoms with Crippen molar-refractivity contribution in [3.63, 3.8) is 0 Å². The van der Waals surface area contributed by atoms with Crippen LogP contribution in [-0.2, 0) is 13.0 Å². The molecule has 0 radical (unpaired) electrons. The third-order valence-corrected chi connectivity index (χ3v) is 4.42. The van der Waals surface area contributed by atoms with Crippen LogP contribution in [-0.4, -0.2) is 9.97 Å². The lowest BCUT2D eigenvalue weighted by Gasteiger charge is -2.10. The largest absolute Gasteiger partial charge is 0.368 e. The number of nitrogen functional groups attached to an aromatic ring is 1. The minimum atomic E-state index is 0.315. The number of hydrogen-bond acceptors (Lipinski definition) is 5. The Morgan fingerprint density at radius 2 is 1.95 bits per heavy atom. The van der Waals surface area contributed by atoms with Crippen molar-refractivity contribution in [2.45, 2.75) is 26.8 Å². The lowest BCUT2D eigenvalue weighted by atomic mass is 10.1. The highest BCUT2D eigenvalue weighted by atomic mass is 32.1. The van der Waals surface area contributed by atoms with Crippen LogP contribution in [0, 0.1) is 6.92 Å². The van der Waals surface area contributed by atoms with Gasteiger partial charge in [0.2, 0.25) is 5.95 Å². The molecule has 0 fully saturated rings. The Balaban J connectivity index is 1.91. The molecule has 2 heterocycles. The molecule has 0 spiro atoms. The van der Waals surface area contributed by atoms with E-state index >= 15 is 0 Å². The van der Waals surface area contributed by atoms with E-state index in [1.165, 1.54) is 16.0 Å². The summed E-state index contributed by atoms with van der Waals surface area (Å²) in [6.45, 7) is 4.98. The van der Waals surface area contributed by atoms with Crippen molar-refractivity contribution in [2.24, 2.45) is 0 Å². The van der Waals surface area contributed by atoms with Crippen molar-refractivity contribution < 1.29 is 0 Å². The zero-order valence-corrected chi connectivity index (χ0v) is 13.0. The molecule has 0 saturated heterocycles. The summed E-state index contributed by atoms with van der Waals surface area (Å²) >= 11 is 1.64. The molecule has 108 valence electrons. The molecule has 0 atom stereocenters. The molecule has 0 amide bonds. The quantitative estimate of drug-likeness (QED) is 0.770. The molecular weight excluding hydrogens is 280 g/mol. The van der Waals surface area contributed by atoms with Gasteiger partial charge in [0.25, 0.3) is 0 Å². The monoisotopic (exact) mass is 298 g/mol. The summed E-state index contributed by atoms with van der Waals surface area (Å²) in [5.41, 5.74) is 8.44. The fourth-order valence-electron chi connectivity index (χ4n) is 2.45. The zero-order valence-electron chi connectivity index (χ0n) is 12.2. The molecule has 1 aromatic carbocycles. The predicted molar refractivity (Wildman–Crippen MR) is 89.7 cm³/mol. The number of thiophene rings is 1. The van der Waals surface area contributed by atoms with E-state index in [0.717, 1.165) is 29.0 Å². The van der Waals surface area contributed by atoms with Crippen molar-refractivity contribution >= 4 is 33.3 Å². The van der Waals surface area contributed by atoms with Crippen molar-refractivity contribution in [3.05, 3.63) is 46.3 Å². The fourth-order valence-corrected chi connectivity index (χ4v) is 3.33. The predicted octanol–water partition coefficient (Wildman–Crippen LogP) is 3.76. The van der Waals surface area contributed by atoms with E-state index in [0.29, 0.717) is 5.95 Å². The minimum Gasteiger partial charge on any atom is -0.368 e. The number of aromatic nitrogens is 2. The Kier molecular flexibility index (Phi) is 3.75. The van der Waals surface area contributed by atoms with Gasteiger partial charge in [0, 0.05) is 11.4 Å². The van der Waals surface area contributed by atoms with Gasteiger partial charge in [0.05, 0.1) is 5.39 Å². The van der Waals surface area contributed by atoms with E-state index in [1.54, 1.807) is 11.3 Å². The normalized spacial score (nSPS) is 11.0. The summed E-state index contributed by atoms with van der Waals surface area (Å²) < 4.78 is 0. The Morgan fingerprint density at radius 1 is 1.19 bits per heavy atom. The number of nitrogens with zero attached hydrogens (tertiary/aromatic N) is 2. The zero-order chi connectivity index (χ0) is 14.8. The van der Waals surface area contributed by atoms with E-state index in [4.69, 9.17) is 5.73 Å². The highest BCUT2D eigenvalue weighted by Crippen LogP contribution is 2.29. The second kappa shape index (κ2) is 5.69. The molecule has 0 unspecified atom stereocenters. The van der Waals surface area contributed by atoms with Crippen LogP contribution in [0.5, 0.6) is 0 Å². The lowest BCUT2D eigenvalue weighted by molar-refractivity contribution is 1.03. The van der Waals surface area contributed by atoms with Gasteiger partial charge in [0.1, 0.15) is 10.6 Å². The van der Waals surface area contributed by atoms with Gasteiger partial charge in [-0.15, -0.1) is 11.3 Å². The van der Waals surface area contributed by atoms with Crippen LogP contribution in [0.15, 0.2) is 30.3 Å². The Bertz CT molecular complexity index is 779. The Morgan fingerprint density at radius 3 is 2.71 bits per heavy atom. The smallest absolute Gasteiger partial charge is 0.223 e. The summed E-state index contributed by atoms with van der Waals surface area (Å²) in [5.74, 6) is 1.13. The molecule has 0 bridgehead atoms. The Labute approximate surface area is 128 Å². The molecule has 0 saturated carbocycles. The van der Waals surface area contributed by atoms with Crippen molar-refractivity contribution in [3.8, 4) is 0 Å². The molecule has 4 nitrogen and oxygen atoms in total. The Hall–Kier alpha value is -2.14. The summed E-state index contributed by atoms with van der Waals surface area (Å²) in [7, 11) is 0. The summed E-state index contributed by atoms with van der Waals surface area (Å²) in [5, 5.41) is 4.45. The number of nitrogens with two attached hydrogens (primary N) is 1. The van der Waals surface area contributed by atoms with Gasteiger partial charge in [-0.1, -0.05) is 31.2 Å². The van der Waals surface area contributed by atoms with Crippen molar-refractivity contribution in [1.29, 1.82) is 0 Å². The first-order valence-corrected chi connectivity index (χ1v) is 7.83. The maximum atomic E-state index is 5.80. The number of rotatable bonds is 4. The van der Waals surface area contributed by atoms with Crippen LogP contribution < -0.4 is 11.1 Å². The van der Waals surface area contributed by atoms with Crippen LogP contribution in [0.25, 0.3) is 10.2 Å². The van der Waals surface area contributed by atoms with Crippen molar-refractivity contribution in [1.82, 2.24) is 9.97 Å². The summed E-state index contributed by atoms with van der Waals surface area (Å²) in [6.07, 6.45) is 1.02. The maximum Gasteiger partial charge on any atom is 0.223 e. The van der Waals surface area contributed by atoms with E-state index < -0.39 is 0 Å². The van der Waals surface area contributed by atoms with Crippen LogP contribution >= 0.6 is 11.3 Å². The van der Waals surface area contributed by atoms with Crippen LogP contribution in [0.1, 0.15) is 22.9 Å². The number of anilines is 2. The van der Waals surface area contributed by atoms with Crippen molar-refractivity contribution in [2.75, 3.05) is 11.1 Å². The first-order valence-electron chi connectivity index (χ1n) is 7.01. The number of nitrogens with one attached hydrogen (secondary N) is 1. The molecule has 0 aliphatic rings. The van der Waals surface area contributed by atoms with Gasteiger partial charge in [0.15, 0.2) is 0 Å². The van der Waals surface area contributed by atoms with Crippen LogP contribution in [0.4, 0.5) is 11.8 Å². The summed E-state index contributed by atoms with van der Waals surface area (Å²) in [4.78, 5) is 10.8. The number of hydrogen-bond donors (Lipinski definition) is 2. The van der Waals surface area contributed by atoms with E-state index in [2.05, 4.69) is 59.5 Å². The van der Waals surface area contributed by atoms with Crippen LogP contribution in [0.2, 0.25) is 0 Å². The van der Waals surface area contributed by atoms with Gasteiger partial charge in [-0.3, -0.25) is 0 Å². The molecule has 3 N–H and O–H groups in total. The first kappa shape index (κ1) is 13.8. The maximum absolute atomic E-state index is 5.80. The van der Waals surface area contributed by atoms with E-state index in [1.807, 2.05) is 0 Å². The molecule has 0 aliphatic carbocycles. The number of benzene rings is 1. The second-order valence-corrected chi connectivity index (χ2v) is 6.22. The topological polar surface area (TPSA) is 63.8 Å². The molecular formula is C16H18N4S. The first-order chi connectivity index (χ1) is 10.2. The molecule has 5 heteroatoms. The van der Waals surface area contributed by atoms with E-state index in [-0.39, 0.29) is 0 Å². The summed E-state index contributed by atoms with van der Waals surface area (Å²) in [6, 6.07) is 10.6. The molecule has 2 aromatic heterocycles. The molecule has 3 rings (SSSR count). The van der Waals surface area contributed by atoms with Gasteiger partial charge in [-0.2, -0.15) is 4.98 Å². The van der Waals surface area contributed by atoms with Gasteiger partial charge < -0.3 is 11.1 Å².